The van der Waals surface area contributed by atoms with Crippen LogP contribution in [0.2, 0.25) is 0 Å². The van der Waals surface area contributed by atoms with Crippen molar-refractivity contribution in [1.82, 2.24) is 4.90 Å². The van der Waals surface area contributed by atoms with Gasteiger partial charge in [-0.3, -0.25) is 4.39 Å². The van der Waals surface area contributed by atoms with Gasteiger partial charge in [-0.25, -0.2) is 0 Å². The molecule has 1 heterocycles. The molecule has 22 heavy (non-hydrogen) atoms. The number of aliphatic hydroxyl groups is 2. The first kappa shape index (κ1) is 17.2. The van der Waals surface area contributed by atoms with E-state index < -0.39 is 6.10 Å². The van der Waals surface area contributed by atoms with E-state index in [1.807, 2.05) is 24.3 Å². The highest BCUT2D eigenvalue weighted by molar-refractivity contribution is 5.28. The maximum absolute atomic E-state index is 12.0. The van der Waals surface area contributed by atoms with Gasteiger partial charge in [0.2, 0.25) is 0 Å². The number of alkyl halides is 1. The lowest BCUT2D eigenvalue weighted by molar-refractivity contribution is 0.138. The summed E-state index contributed by atoms with van der Waals surface area (Å²) in [5.41, 5.74) is 0.871. The van der Waals surface area contributed by atoms with E-state index in [1.54, 1.807) is 0 Å². The molecule has 1 aromatic rings. The Labute approximate surface area is 131 Å². The molecule has 2 N–H and O–H groups in total. The van der Waals surface area contributed by atoms with Gasteiger partial charge in [-0.05, 0) is 43.4 Å². The van der Waals surface area contributed by atoms with Gasteiger partial charge >= 0.3 is 0 Å². The van der Waals surface area contributed by atoms with Crippen LogP contribution in [0.25, 0.3) is 0 Å². The Hall–Kier alpha value is -1.17. The maximum atomic E-state index is 12.0. The molecular formula is C17H26FNO3. The average molecular weight is 311 g/mol. The minimum absolute atomic E-state index is 0.217. The van der Waals surface area contributed by atoms with Crippen molar-refractivity contribution in [1.29, 1.82) is 0 Å². The van der Waals surface area contributed by atoms with Gasteiger partial charge < -0.3 is 19.8 Å². The van der Waals surface area contributed by atoms with Crippen molar-refractivity contribution < 1.29 is 19.3 Å². The van der Waals surface area contributed by atoms with Crippen molar-refractivity contribution in [3.63, 3.8) is 0 Å². The zero-order valence-electron chi connectivity index (χ0n) is 13.0. The van der Waals surface area contributed by atoms with E-state index in [1.165, 1.54) is 0 Å². The highest BCUT2D eigenvalue weighted by Crippen LogP contribution is 2.21. The third-order valence-corrected chi connectivity index (χ3v) is 4.03. The molecule has 1 saturated heterocycles. The van der Waals surface area contributed by atoms with E-state index >= 15 is 0 Å². The second-order valence-corrected chi connectivity index (χ2v) is 5.86. The molecule has 0 bridgehead atoms. The zero-order valence-corrected chi connectivity index (χ0v) is 13.0. The average Bonchev–Trinajstić information content (AvgIpc) is 2.95. The van der Waals surface area contributed by atoms with Crippen LogP contribution in [-0.4, -0.2) is 54.1 Å². The predicted molar refractivity (Wildman–Crippen MR) is 83.8 cm³/mol. The van der Waals surface area contributed by atoms with Crippen molar-refractivity contribution in [2.45, 2.75) is 37.9 Å². The Balaban J connectivity index is 1.72. The predicted octanol–water partition coefficient (Wildman–Crippen LogP) is 2.31. The molecule has 0 saturated carbocycles. The Morgan fingerprint density at radius 3 is 2.68 bits per heavy atom. The maximum Gasteiger partial charge on any atom is 0.119 e. The molecule has 1 fully saturated rings. The first-order valence-corrected chi connectivity index (χ1v) is 8.06. The lowest BCUT2D eigenvalue weighted by Crippen LogP contribution is -2.24. The van der Waals surface area contributed by atoms with Crippen molar-refractivity contribution in [2.75, 3.05) is 32.9 Å². The molecule has 5 heteroatoms. The third-order valence-electron chi connectivity index (χ3n) is 4.03. The zero-order chi connectivity index (χ0) is 15.8. The highest BCUT2D eigenvalue weighted by Gasteiger charge is 2.20. The molecule has 4 nitrogen and oxygen atoms in total. The number of β-amino-alcohol motifs (C(OH)–C–C–N with tert-alkyl or cyclic N) is 1. The summed E-state index contributed by atoms with van der Waals surface area (Å²) in [4.78, 5) is 2.18. The number of aliphatic hydroxyl groups excluding tert-OH is 2. The lowest BCUT2D eigenvalue weighted by Gasteiger charge is -2.18. The Kier molecular flexibility index (Phi) is 7.09. The monoisotopic (exact) mass is 311 g/mol. The van der Waals surface area contributed by atoms with Gasteiger partial charge in [0.25, 0.3) is 0 Å². The molecule has 1 aromatic carbocycles. The first-order chi connectivity index (χ1) is 10.7. The van der Waals surface area contributed by atoms with Crippen LogP contribution in [-0.2, 0) is 0 Å². The van der Waals surface area contributed by atoms with Crippen LogP contribution < -0.4 is 4.74 Å². The summed E-state index contributed by atoms with van der Waals surface area (Å²) < 4.78 is 17.5. The molecule has 2 atom stereocenters. The topological polar surface area (TPSA) is 52.9 Å². The van der Waals surface area contributed by atoms with E-state index in [0.29, 0.717) is 32.4 Å². The number of hydrogen-bond donors (Lipinski definition) is 2. The van der Waals surface area contributed by atoms with E-state index in [4.69, 9.17) is 4.74 Å². The summed E-state index contributed by atoms with van der Waals surface area (Å²) in [6.07, 6.45) is 2.00. The van der Waals surface area contributed by atoms with Crippen LogP contribution in [0.15, 0.2) is 24.3 Å². The number of halogens is 1. The fourth-order valence-electron chi connectivity index (χ4n) is 2.66. The van der Waals surface area contributed by atoms with Crippen molar-refractivity contribution >= 4 is 0 Å². The third kappa shape index (κ3) is 5.55. The number of likely N-dealkylation sites (tertiary alicyclic amines) is 1. The minimum Gasteiger partial charge on any atom is -0.494 e. The summed E-state index contributed by atoms with van der Waals surface area (Å²) >= 11 is 0. The van der Waals surface area contributed by atoms with E-state index in [0.717, 1.165) is 30.8 Å². The number of unbranched alkanes of at least 4 members (excludes halogenated alkanes) is 1. The summed E-state index contributed by atoms with van der Waals surface area (Å²) in [5.74, 6) is 0.748. The van der Waals surface area contributed by atoms with Gasteiger partial charge in [0.15, 0.2) is 0 Å². The van der Waals surface area contributed by atoms with Crippen molar-refractivity contribution in [3.8, 4) is 5.75 Å². The minimum atomic E-state index is -0.502. The normalized spacial score (nSPS) is 20.2. The van der Waals surface area contributed by atoms with Crippen molar-refractivity contribution in [3.05, 3.63) is 29.8 Å². The molecule has 1 aliphatic heterocycles. The van der Waals surface area contributed by atoms with Gasteiger partial charge in [-0.15, -0.1) is 0 Å². The Morgan fingerprint density at radius 1 is 1.27 bits per heavy atom. The summed E-state index contributed by atoms with van der Waals surface area (Å²) in [5, 5.41) is 19.7. The number of hydrogen-bond acceptors (Lipinski definition) is 4. The number of benzene rings is 1. The Morgan fingerprint density at radius 2 is 2.05 bits per heavy atom. The summed E-state index contributed by atoms with van der Waals surface area (Å²) in [6.45, 7) is 2.61. The van der Waals surface area contributed by atoms with Crippen LogP contribution in [0, 0.1) is 0 Å². The highest BCUT2D eigenvalue weighted by atomic mass is 19.1. The smallest absolute Gasteiger partial charge is 0.119 e. The van der Waals surface area contributed by atoms with Crippen LogP contribution in [0.5, 0.6) is 5.75 Å². The van der Waals surface area contributed by atoms with Gasteiger partial charge in [0.05, 0.1) is 25.5 Å². The summed E-state index contributed by atoms with van der Waals surface area (Å²) in [6, 6.07) is 7.42. The van der Waals surface area contributed by atoms with Crippen LogP contribution in [0.4, 0.5) is 4.39 Å². The molecule has 0 aromatic heterocycles. The molecule has 0 radical (unpaired) electrons. The van der Waals surface area contributed by atoms with Gasteiger partial charge in [-0.2, -0.15) is 0 Å². The van der Waals surface area contributed by atoms with E-state index in [-0.39, 0.29) is 12.8 Å². The fourth-order valence-corrected chi connectivity index (χ4v) is 2.66. The SMILES string of the molecule is O[C@H]1CCN(CC[C@H](O)c2ccc(OCCCCF)cc2)C1. The van der Waals surface area contributed by atoms with Crippen molar-refractivity contribution in [2.24, 2.45) is 0 Å². The van der Waals surface area contributed by atoms with Gasteiger partial charge in [-0.1, -0.05) is 12.1 Å². The first-order valence-electron chi connectivity index (χ1n) is 8.06. The molecule has 1 aliphatic rings. The van der Waals surface area contributed by atoms with Crippen LogP contribution in [0.1, 0.15) is 37.4 Å². The molecular weight excluding hydrogens is 285 g/mol. The number of ether oxygens (including phenoxy) is 1. The quantitative estimate of drug-likeness (QED) is 0.687. The molecule has 0 unspecified atom stereocenters. The summed E-state index contributed by atoms with van der Waals surface area (Å²) in [7, 11) is 0. The fraction of sp³-hybridized carbons (Fsp3) is 0.647. The lowest BCUT2D eigenvalue weighted by atomic mass is 10.1. The van der Waals surface area contributed by atoms with E-state index in [9.17, 15) is 14.6 Å². The number of nitrogens with zero attached hydrogens (tertiary/aromatic N) is 1. The second kappa shape index (κ2) is 9.08. The molecule has 0 aliphatic carbocycles. The molecule has 2 rings (SSSR count). The van der Waals surface area contributed by atoms with Gasteiger partial charge in [0, 0.05) is 19.6 Å². The second-order valence-electron chi connectivity index (χ2n) is 5.86. The Bertz CT molecular complexity index is 426. The molecule has 124 valence electrons. The standard InChI is InChI=1S/C17H26FNO3/c18-9-1-2-12-22-16-5-3-14(4-6-16)17(21)8-11-19-10-7-15(20)13-19/h3-6,15,17,20-21H,1-2,7-13H2/t15-,17-/m0/s1. The van der Waals surface area contributed by atoms with Gasteiger partial charge in [0.1, 0.15) is 5.75 Å². The largest absolute Gasteiger partial charge is 0.494 e. The number of rotatable bonds is 9. The van der Waals surface area contributed by atoms with Crippen LogP contribution >= 0.6 is 0 Å². The van der Waals surface area contributed by atoms with Crippen LogP contribution in [0.3, 0.4) is 0 Å². The van der Waals surface area contributed by atoms with E-state index in [2.05, 4.69) is 4.90 Å². The molecule has 0 spiro atoms. The molecule has 0 amide bonds.